The van der Waals surface area contributed by atoms with Crippen LogP contribution in [-0.4, -0.2) is 31.0 Å². The molecule has 20 heavy (non-hydrogen) atoms. The van der Waals surface area contributed by atoms with E-state index in [-0.39, 0.29) is 0 Å². The highest BCUT2D eigenvalue weighted by Crippen LogP contribution is 2.23. The minimum atomic E-state index is 0.759. The smallest absolute Gasteiger partial charge is 0.181 e. The SMILES string of the molecule is BrCCCCCCCCCSc1ncnc2nc[nH]c12. The lowest BCUT2D eigenvalue weighted by Crippen LogP contribution is -1.88. The Morgan fingerprint density at radius 1 is 0.950 bits per heavy atom. The Kier molecular flexibility index (Phi) is 7.36. The molecule has 2 aromatic rings. The summed E-state index contributed by atoms with van der Waals surface area (Å²) < 4.78 is 0. The predicted molar refractivity (Wildman–Crippen MR) is 88.5 cm³/mol. The van der Waals surface area contributed by atoms with Gasteiger partial charge in [0.1, 0.15) is 16.9 Å². The maximum atomic E-state index is 4.32. The lowest BCUT2D eigenvalue weighted by atomic mass is 10.1. The maximum absolute atomic E-state index is 4.32. The van der Waals surface area contributed by atoms with Crippen LogP contribution in [0.4, 0.5) is 0 Å². The van der Waals surface area contributed by atoms with E-state index in [1.165, 1.54) is 44.9 Å². The Hall–Kier alpha value is -0.620. The molecule has 0 atom stereocenters. The monoisotopic (exact) mass is 356 g/mol. The zero-order valence-corrected chi connectivity index (χ0v) is 14.0. The third-order valence-corrected chi connectivity index (χ3v) is 4.84. The van der Waals surface area contributed by atoms with Gasteiger partial charge in [0.2, 0.25) is 0 Å². The van der Waals surface area contributed by atoms with Crippen molar-refractivity contribution in [3.8, 4) is 0 Å². The zero-order valence-electron chi connectivity index (χ0n) is 11.6. The first kappa shape index (κ1) is 15.8. The molecule has 1 N–H and O–H groups in total. The van der Waals surface area contributed by atoms with Crippen molar-refractivity contribution in [1.29, 1.82) is 0 Å². The number of unbranched alkanes of at least 4 members (excludes halogenated alkanes) is 6. The molecular formula is C14H21BrN4S. The van der Waals surface area contributed by atoms with Crippen LogP contribution in [-0.2, 0) is 0 Å². The van der Waals surface area contributed by atoms with Crippen LogP contribution < -0.4 is 0 Å². The Labute approximate surface area is 132 Å². The third kappa shape index (κ3) is 5.05. The van der Waals surface area contributed by atoms with Crippen molar-refractivity contribution in [2.45, 2.75) is 50.0 Å². The first-order valence-electron chi connectivity index (χ1n) is 7.24. The van der Waals surface area contributed by atoms with E-state index in [1.807, 2.05) is 0 Å². The second-order valence-corrected chi connectivity index (χ2v) is 6.67. The van der Waals surface area contributed by atoms with Crippen LogP contribution in [0.25, 0.3) is 11.2 Å². The van der Waals surface area contributed by atoms with Crippen LogP contribution in [0.5, 0.6) is 0 Å². The largest absolute Gasteiger partial charge is 0.341 e. The quantitative estimate of drug-likeness (QED) is 0.293. The second-order valence-electron chi connectivity index (χ2n) is 4.79. The summed E-state index contributed by atoms with van der Waals surface area (Å²) in [5.41, 5.74) is 1.72. The number of nitrogens with one attached hydrogen (secondary N) is 1. The van der Waals surface area contributed by atoms with Gasteiger partial charge in [-0.25, -0.2) is 15.0 Å². The summed E-state index contributed by atoms with van der Waals surface area (Å²) in [6, 6.07) is 0. The molecule has 0 saturated heterocycles. The summed E-state index contributed by atoms with van der Waals surface area (Å²) in [6.45, 7) is 0. The maximum Gasteiger partial charge on any atom is 0.181 e. The Morgan fingerprint density at radius 3 is 2.50 bits per heavy atom. The highest BCUT2D eigenvalue weighted by molar-refractivity contribution is 9.09. The fraction of sp³-hybridized carbons (Fsp3) is 0.643. The molecule has 0 fully saturated rings. The number of halogens is 1. The van der Waals surface area contributed by atoms with E-state index in [1.54, 1.807) is 24.4 Å². The van der Waals surface area contributed by atoms with Crippen LogP contribution in [0.15, 0.2) is 17.7 Å². The van der Waals surface area contributed by atoms with Crippen molar-refractivity contribution in [3.05, 3.63) is 12.7 Å². The molecule has 0 aliphatic carbocycles. The predicted octanol–water partition coefficient (Wildman–Crippen LogP) is 4.57. The number of alkyl halides is 1. The minimum Gasteiger partial charge on any atom is -0.341 e. The van der Waals surface area contributed by atoms with Crippen molar-refractivity contribution >= 4 is 38.9 Å². The first-order valence-corrected chi connectivity index (χ1v) is 9.35. The molecule has 0 saturated carbocycles. The van der Waals surface area contributed by atoms with Crippen LogP contribution >= 0.6 is 27.7 Å². The van der Waals surface area contributed by atoms with Crippen LogP contribution in [0.2, 0.25) is 0 Å². The fourth-order valence-corrected chi connectivity index (χ4v) is 3.46. The van der Waals surface area contributed by atoms with Gasteiger partial charge in [-0.1, -0.05) is 48.0 Å². The van der Waals surface area contributed by atoms with E-state index in [2.05, 4.69) is 35.9 Å². The molecule has 0 radical (unpaired) electrons. The Morgan fingerprint density at radius 2 is 1.70 bits per heavy atom. The van der Waals surface area contributed by atoms with Gasteiger partial charge in [-0.15, -0.1) is 11.8 Å². The van der Waals surface area contributed by atoms with Gasteiger partial charge in [0.05, 0.1) is 6.33 Å². The van der Waals surface area contributed by atoms with E-state index >= 15 is 0 Å². The molecule has 0 amide bonds. The highest BCUT2D eigenvalue weighted by Gasteiger charge is 2.05. The van der Waals surface area contributed by atoms with Gasteiger partial charge < -0.3 is 4.98 Å². The van der Waals surface area contributed by atoms with Gasteiger partial charge in [-0.3, -0.25) is 0 Å². The molecule has 0 aliphatic rings. The van der Waals surface area contributed by atoms with E-state index in [0.717, 1.165) is 27.3 Å². The number of hydrogen-bond acceptors (Lipinski definition) is 4. The number of aromatic nitrogens is 4. The molecule has 0 spiro atoms. The average Bonchev–Trinajstić information content (AvgIpc) is 2.95. The highest BCUT2D eigenvalue weighted by atomic mass is 79.9. The first-order chi connectivity index (χ1) is 9.92. The number of thioether (sulfide) groups is 1. The number of imidazole rings is 1. The molecule has 110 valence electrons. The lowest BCUT2D eigenvalue weighted by Gasteiger charge is -2.02. The van der Waals surface area contributed by atoms with Crippen molar-refractivity contribution in [2.75, 3.05) is 11.1 Å². The summed E-state index contributed by atoms with van der Waals surface area (Å²) >= 11 is 5.27. The molecule has 2 rings (SSSR count). The summed E-state index contributed by atoms with van der Waals surface area (Å²) in [4.78, 5) is 15.7. The summed E-state index contributed by atoms with van der Waals surface area (Å²) in [6.07, 6.45) is 12.6. The molecule has 0 aliphatic heterocycles. The van der Waals surface area contributed by atoms with Crippen LogP contribution in [0, 0.1) is 0 Å². The third-order valence-electron chi connectivity index (χ3n) is 3.20. The van der Waals surface area contributed by atoms with Crippen LogP contribution in [0.1, 0.15) is 44.9 Å². The standard InChI is InChI=1S/C14H21BrN4S/c15-8-6-4-2-1-3-5-7-9-20-14-12-13(17-10-16-12)18-11-19-14/h10-11H,1-9H2,(H,16,17,18,19). The number of hydrogen-bond donors (Lipinski definition) is 1. The second kappa shape index (κ2) is 9.34. The van der Waals surface area contributed by atoms with Crippen LogP contribution in [0.3, 0.4) is 0 Å². The fourth-order valence-electron chi connectivity index (χ4n) is 2.10. The van der Waals surface area contributed by atoms with Crippen molar-refractivity contribution in [3.63, 3.8) is 0 Å². The van der Waals surface area contributed by atoms with Gasteiger partial charge in [0, 0.05) is 5.33 Å². The molecule has 2 heterocycles. The molecule has 4 nitrogen and oxygen atoms in total. The number of rotatable bonds is 10. The van der Waals surface area contributed by atoms with E-state index < -0.39 is 0 Å². The van der Waals surface area contributed by atoms with Gasteiger partial charge in [-0.05, 0) is 18.6 Å². The average molecular weight is 357 g/mol. The normalized spacial score (nSPS) is 11.2. The summed E-state index contributed by atoms with van der Waals surface area (Å²) in [7, 11) is 0. The minimum absolute atomic E-state index is 0.759. The topological polar surface area (TPSA) is 54.5 Å². The van der Waals surface area contributed by atoms with Crippen molar-refractivity contribution in [2.24, 2.45) is 0 Å². The molecule has 0 aromatic carbocycles. The Bertz CT molecular complexity index is 503. The molecule has 0 bridgehead atoms. The lowest BCUT2D eigenvalue weighted by molar-refractivity contribution is 0.606. The van der Waals surface area contributed by atoms with E-state index in [0.29, 0.717) is 0 Å². The van der Waals surface area contributed by atoms with Gasteiger partial charge in [-0.2, -0.15) is 0 Å². The van der Waals surface area contributed by atoms with E-state index in [9.17, 15) is 0 Å². The van der Waals surface area contributed by atoms with Gasteiger partial charge in [0.25, 0.3) is 0 Å². The van der Waals surface area contributed by atoms with Crippen molar-refractivity contribution < 1.29 is 0 Å². The summed E-state index contributed by atoms with van der Waals surface area (Å²) in [5, 5.41) is 2.16. The molecular weight excluding hydrogens is 336 g/mol. The Balaban J connectivity index is 1.58. The number of H-pyrrole nitrogens is 1. The van der Waals surface area contributed by atoms with Gasteiger partial charge >= 0.3 is 0 Å². The zero-order chi connectivity index (χ0) is 14.0. The van der Waals surface area contributed by atoms with E-state index in [4.69, 9.17) is 0 Å². The van der Waals surface area contributed by atoms with Gasteiger partial charge in [0.15, 0.2) is 5.65 Å². The number of aromatic amines is 1. The number of fused-ring (bicyclic) bond motifs is 1. The summed E-state index contributed by atoms with van der Waals surface area (Å²) in [5.74, 6) is 1.12. The molecule has 0 unspecified atom stereocenters. The number of nitrogens with zero attached hydrogens (tertiary/aromatic N) is 3. The molecule has 6 heteroatoms. The van der Waals surface area contributed by atoms with Crippen molar-refractivity contribution in [1.82, 2.24) is 19.9 Å². The molecule has 2 aromatic heterocycles.